The Hall–Kier alpha value is -3.40. The Labute approximate surface area is 176 Å². The predicted molar refractivity (Wildman–Crippen MR) is 123 cm³/mol. The maximum Gasteiger partial charge on any atom is 0.193 e. The van der Waals surface area contributed by atoms with Gasteiger partial charge in [0.25, 0.3) is 0 Å². The number of para-hydroxylation sites is 2. The van der Waals surface area contributed by atoms with E-state index in [4.69, 9.17) is 4.98 Å². The van der Waals surface area contributed by atoms with Gasteiger partial charge < -0.3 is 5.32 Å². The summed E-state index contributed by atoms with van der Waals surface area (Å²) in [5.41, 5.74) is 4.79. The van der Waals surface area contributed by atoms with E-state index in [1.165, 1.54) is 12.8 Å². The number of hydrogen-bond acceptors (Lipinski definition) is 3. The molecule has 0 spiro atoms. The van der Waals surface area contributed by atoms with Crippen LogP contribution in [0.3, 0.4) is 0 Å². The van der Waals surface area contributed by atoms with Crippen molar-refractivity contribution in [1.82, 2.24) is 9.55 Å². The Balaban J connectivity index is 1.81. The average molecular weight is 396 g/mol. The van der Waals surface area contributed by atoms with E-state index in [1.54, 1.807) is 6.07 Å². The quantitative estimate of drug-likeness (QED) is 0.454. The molecule has 0 amide bonds. The highest BCUT2D eigenvalue weighted by Gasteiger charge is 2.23. The molecule has 1 aliphatic carbocycles. The molecule has 1 fully saturated rings. The van der Waals surface area contributed by atoms with Crippen molar-refractivity contribution in [1.29, 1.82) is 0 Å². The fourth-order valence-electron chi connectivity index (χ4n) is 4.63. The number of pyridine rings is 2. The summed E-state index contributed by atoms with van der Waals surface area (Å²) in [4.78, 5) is 18.2. The van der Waals surface area contributed by atoms with E-state index in [2.05, 4.69) is 28.1 Å². The molecule has 0 bridgehead atoms. The summed E-state index contributed by atoms with van der Waals surface area (Å²) >= 11 is 0. The molecule has 5 rings (SSSR count). The van der Waals surface area contributed by atoms with E-state index >= 15 is 0 Å². The molecule has 2 heterocycles. The van der Waals surface area contributed by atoms with Crippen LogP contribution in [0.5, 0.6) is 0 Å². The van der Waals surface area contributed by atoms with Crippen molar-refractivity contribution >= 4 is 22.5 Å². The van der Waals surface area contributed by atoms with Crippen molar-refractivity contribution < 1.29 is 0 Å². The van der Waals surface area contributed by atoms with Gasteiger partial charge in [0.1, 0.15) is 5.82 Å². The van der Waals surface area contributed by atoms with Crippen LogP contribution in [0.1, 0.15) is 42.9 Å². The highest BCUT2D eigenvalue weighted by molar-refractivity contribution is 5.84. The highest BCUT2D eigenvalue weighted by Crippen LogP contribution is 2.37. The van der Waals surface area contributed by atoms with Crippen molar-refractivity contribution in [3.8, 4) is 5.69 Å². The number of nitrogens with one attached hydrogen (secondary N) is 1. The largest absolute Gasteiger partial charge is 0.341 e. The van der Waals surface area contributed by atoms with Gasteiger partial charge in [0.05, 0.1) is 5.39 Å². The summed E-state index contributed by atoms with van der Waals surface area (Å²) < 4.78 is 2.08. The Bertz CT molecular complexity index is 1240. The third-order valence-electron chi connectivity index (χ3n) is 5.98. The maximum absolute atomic E-state index is 13.4. The molecule has 4 aromatic rings. The van der Waals surface area contributed by atoms with E-state index < -0.39 is 0 Å². The van der Waals surface area contributed by atoms with Gasteiger partial charge in [-0.1, -0.05) is 49.2 Å². The van der Waals surface area contributed by atoms with Gasteiger partial charge in [-0.3, -0.25) is 9.36 Å². The third kappa shape index (κ3) is 3.39. The van der Waals surface area contributed by atoms with Crippen LogP contribution < -0.4 is 10.7 Å². The summed E-state index contributed by atoms with van der Waals surface area (Å²) in [5, 5.41) is 4.19. The van der Waals surface area contributed by atoms with Gasteiger partial charge in [-0.25, -0.2) is 4.98 Å². The first-order chi connectivity index (χ1) is 14.7. The molecule has 0 radical (unpaired) electrons. The van der Waals surface area contributed by atoms with Crippen LogP contribution >= 0.6 is 0 Å². The minimum absolute atomic E-state index is 0.0324. The lowest BCUT2D eigenvalue weighted by atomic mass is 9.94. The second-order valence-corrected chi connectivity index (χ2v) is 8.09. The van der Waals surface area contributed by atoms with Crippen LogP contribution in [0.4, 0.5) is 11.5 Å². The van der Waals surface area contributed by atoms with E-state index in [1.807, 2.05) is 55.5 Å². The molecule has 30 heavy (non-hydrogen) atoms. The SMILES string of the molecule is Cc1cc(C2CCCC2)c2c(=O)cc(Nc3ccccc3)n(-c3ccccc3)c2n1. The van der Waals surface area contributed by atoms with Gasteiger partial charge in [-0.2, -0.15) is 0 Å². The summed E-state index contributed by atoms with van der Waals surface area (Å²) in [6.45, 7) is 2.02. The molecule has 4 heteroatoms. The zero-order chi connectivity index (χ0) is 20.5. The van der Waals surface area contributed by atoms with Crippen LogP contribution in [0.25, 0.3) is 16.7 Å². The van der Waals surface area contributed by atoms with Crippen molar-refractivity contribution in [2.75, 3.05) is 5.32 Å². The molecule has 2 aromatic carbocycles. The van der Waals surface area contributed by atoms with Crippen LogP contribution in [0.2, 0.25) is 0 Å². The molecule has 4 nitrogen and oxygen atoms in total. The molecule has 150 valence electrons. The number of benzene rings is 2. The first kappa shape index (κ1) is 18.6. The number of aryl methyl sites for hydroxylation is 1. The molecule has 0 unspecified atom stereocenters. The fourth-order valence-corrected chi connectivity index (χ4v) is 4.63. The number of aromatic nitrogens is 2. The van der Waals surface area contributed by atoms with Crippen LogP contribution in [0.15, 0.2) is 77.6 Å². The van der Waals surface area contributed by atoms with Gasteiger partial charge in [-0.05, 0) is 61.6 Å². The lowest BCUT2D eigenvalue weighted by molar-refractivity contribution is 0.726. The Morgan fingerprint density at radius 1 is 0.933 bits per heavy atom. The second-order valence-electron chi connectivity index (χ2n) is 8.09. The van der Waals surface area contributed by atoms with Gasteiger partial charge in [0, 0.05) is 23.1 Å². The lowest BCUT2D eigenvalue weighted by Crippen LogP contribution is -2.16. The minimum Gasteiger partial charge on any atom is -0.341 e. The highest BCUT2D eigenvalue weighted by atomic mass is 16.1. The normalized spacial score (nSPS) is 14.3. The summed E-state index contributed by atoms with van der Waals surface area (Å²) in [7, 11) is 0. The Morgan fingerprint density at radius 3 is 2.30 bits per heavy atom. The molecule has 1 N–H and O–H groups in total. The maximum atomic E-state index is 13.4. The lowest BCUT2D eigenvalue weighted by Gasteiger charge is -2.21. The van der Waals surface area contributed by atoms with Crippen molar-refractivity contribution in [3.05, 3.63) is 94.3 Å². The number of hydrogen-bond donors (Lipinski definition) is 1. The van der Waals surface area contributed by atoms with Gasteiger partial charge in [0.15, 0.2) is 11.1 Å². The van der Waals surface area contributed by atoms with Gasteiger partial charge in [-0.15, -0.1) is 0 Å². The third-order valence-corrected chi connectivity index (χ3v) is 5.98. The predicted octanol–water partition coefficient (Wildman–Crippen LogP) is 6.10. The van der Waals surface area contributed by atoms with Gasteiger partial charge in [0.2, 0.25) is 0 Å². The number of fused-ring (bicyclic) bond motifs is 1. The van der Waals surface area contributed by atoms with Crippen LogP contribution in [0, 0.1) is 6.92 Å². The van der Waals surface area contributed by atoms with Crippen molar-refractivity contribution in [2.24, 2.45) is 0 Å². The molecule has 1 aliphatic rings. The molecule has 0 saturated heterocycles. The second kappa shape index (κ2) is 7.79. The summed E-state index contributed by atoms with van der Waals surface area (Å²) in [5.74, 6) is 1.17. The average Bonchev–Trinajstić information content (AvgIpc) is 3.29. The van der Waals surface area contributed by atoms with E-state index in [0.717, 1.165) is 52.3 Å². The van der Waals surface area contributed by atoms with Crippen LogP contribution in [-0.4, -0.2) is 9.55 Å². The smallest absolute Gasteiger partial charge is 0.193 e. The molecule has 0 aliphatic heterocycles. The number of nitrogens with zero attached hydrogens (tertiary/aromatic N) is 2. The number of anilines is 2. The monoisotopic (exact) mass is 395 g/mol. The van der Waals surface area contributed by atoms with Gasteiger partial charge >= 0.3 is 0 Å². The fraction of sp³-hybridized carbons (Fsp3) is 0.231. The number of rotatable bonds is 4. The van der Waals surface area contributed by atoms with Crippen LogP contribution in [-0.2, 0) is 0 Å². The zero-order valence-electron chi connectivity index (χ0n) is 17.1. The van der Waals surface area contributed by atoms with E-state index in [9.17, 15) is 4.79 Å². The first-order valence-electron chi connectivity index (χ1n) is 10.7. The zero-order valence-corrected chi connectivity index (χ0v) is 17.1. The summed E-state index contributed by atoms with van der Waals surface area (Å²) in [6, 6.07) is 23.9. The Morgan fingerprint density at radius 2 is 1.60 bits per heavy atom. The first-order valence-corrected chi connectivity index (χ1v) is 10.7. The molecular weight excluding hydrogens is 370 g/mol. The Kier molecular flexibility index (Phi) is 4.83. The molecule has 1 saturated carbocycles. The molecule has 0 atom stereocenters. The van der Waals surface area contributed by atoms with E-state index in [-0.39, 0.29) is 5.43 Å². The molecular formula is C26H25N3O. The van der Waals surface area contributed by atoms with Crippen molar-refractivity contribution in [3.63, 3.8) is 0 Å². The van der Waals surface area contributed by atoms with Crippen molar-refractivity contribution in [2.45, 2.75) is 38.5 Å². The standard InChI is InChI=1S/C26H25N3O/c1-18-16-22(19-10-8-9-11-19)25-23(30)17-24(28-20-12-4-2-5-13-20)29(26(25)27-18)21-14-6-3-7-15-21/h2-7,12-17,19,28H,8-11H2,1H3. The minimum atomic E-state index is 0.0324. The topological polar surface area (TPSA) is 46.9 Å². The van der Waals surface area contributed by atoms with E-state index in [0.29, 0.717) is 5.92 Å². The molecule has 2 aromatic heterocycles. The summed E-state index contributed by atoms with van der Waals surface area (Å²) in [6.07, 6.45) is 4.75.